The summed E-state index contributed by atoms with van der Waals surface area (Å²) < 4.78 is 16.0. The van der Waals surface area contributed by atoms with Gasteiger partial charge in [0.05, 0.1) is 7.11 Å². The Kier molecular flexibility index (Phi) is 4.57. The number of nitrogens with two attached hydrogens (primary N) is 1. The molecule has 108 valence electrons. The molecule has 0 aliphatic heterocycles. The van der Waals surface area contributed by atoms with Gasteiger partial charge in [-0.2, -0.15) is 4.98 Å². The van der Waals surface area contributed by atoms with Gasteiger partial charge in [-0.25, -0.2) is 0 Å². The van der Waals surface area contributed by atoms with Crippen molar-refractivity contribution in [3.05, 3.63) is 35.5 Å². The molecule has 0 bridgehead atoms. The lowest BCUT2D eigenvalue weighted by molar-refractivity contribution is 0.239. The van der Waals surface area contributed by atoms with E-state index in [-0.39, 0.29) is 12.6 Å². The van der Waals surface area contributed by atoms with Gasteiger partial charge < -0.3 is 19.7 Å². The third-order valence-electron chi connectivity index (χ3n) is 2.89. The fourth-order valence-corrected chi connectivity index (χ4v) is 1.77. The van der Waals surface area contributed by atoms with Gasteiger partial charge in [-0.1, -0.05) is 18.1 Å². The number of nitrogens with zero attached hydrogens (tertiary/aromatic N) is 2. The Hall–Kier alpha value is -2.08. The number of aromatic nitrogens is 2. The number of rotatable bonds is 6. The second kappa shape index (κ2) is 6.38. The first-order valence-electron chi connectivity index (χ1n) is 6.51. The summed E-state index contributed by atoms with van der Waals surface area (Å²) in [7, 11) is 1.61. The molecule has 20 heavy (non-hydrogen) atoms. The Morgan fingerprint density at radius 3 is 2.80 bits per heavy atom. The molecule has 2 aromatic rings. The van der Waals surface area contributed by atoms with Gasteiger partial charge >= 0.3 is 0 Å². The number of hydrogen-bond acceptors (Lipinski definition) is 6. The average Bonchev–Trinajstić information content (AvgIpc) is 2.92. The SMILES string of the molecule is CCc1noc(COc2cc(OC)ccc2[C@H](C)N)n1. The van der Waals surface area contributed by atoms with Gasteiger partial charge in [-0.05, 0) is 13.0 Å². The predicted molar refractivity (Wildman–Crippen MR) is 73.6 cm³/mol. The maximum atomic E-state index is 5.93. The lowest BCUT2D eigenvalue weighted by Crippen LogP contribution is -2.08. The molecule has 0 aliphatic rings. The Morgan fingerprint density at radius 1 is 1.40 bits per heavy atom. The van der Waals surface area contributed by atoms with Crippen molar-refractivity contribution in [2.45, 2.75) is 32.9 Å². The number of aryl methyl sites for hydroxylation is 1. The van der Waals surface area contributed by atoms with Gasteiger partial charge in [0, 0.05) is 24.1 Å². The first kappa shape index (κ1) is 14.3. The molecule has 1 aromatic heterocycles. The minimum Gasteiger partial charge on any atom is -0.497 e. The number of hydrogen-bond donors (Lipinski definition) is 1. The van der Waals surface area contributed by atoms with Crippen molar-refractivity contribution in [2.24, 2.45) is 5.73 Å². The summed E-state index contributed by atoms with van der Waals surface area (Å²) in [6.45, 7) is 4.07. The molecule has 6 nitrogen and oxygen atoms in total. The van der Waals surface area contributed by atoms with Crippen molar-refractivity contribution < 1.29 is 14.0 Å². The molecule has 0 unspecified atom stereocenters. The van der Waals surface area contributed by atoms with Crippen molar-refractivity contribution in [3.8, 4) is 11.5 Å². The Balaban J connectivity index is 2.14. The molecule has 0 fully saturated rings. The summed E-state index contributed by atoms with van der Waals surface area (Å²) in [6, 6.07) is 5.41. The predicted octanol–water partition coefficient (Wildman–Crippen LogP) is 2.24. The minimum atomic E-state index is -0.134. The molecule has 0 radical (unpaired) electrons. The number of benzene rings is 1. The van der Waals surface area contributed by atoms with Gasteiger partial charge in [-0.3, -0.25) is 0 Å². The Labute approximate surface area is 117 Å². The fraction of sp³-hybridized carbons (Fsp3) is 0.429. The van der Waals surface area contributed by atoms with Crippen molar-refractivity contribution >= 4 is 0 Å². The van der Waals surface area contributed by atoms with Crippen molar-refractivity contribution in [1.29, 1.82) is 0 Å². The maximum absolute atomic E-state index is 5.93. The molecule has 1 aromatic carbocycles. The van der Waals surface area contributed by atoms with E-state index in [0.29, 0.717) is 23.2 Å². The van der Waals surface area contributed by atoms with Gasteiger partial charge in [0.25, 0.3) is 5.89 Å². The minimum absolute atomic E-state index is 0.134. The Bertz CT molecular complexity index is 567. The maximum Gasteiger partial charge on any atom is 0.264 e. The molecular formula is C14H19N3O3. The summed E-state index contributed by atoms with van der Waals surface area (Å²) in [6.07, 6.45) is 0.730. The van der Waals surface area contributed by atoms with Crippen LogP contribution in [0.15, 0.2) is 22.7 Å². The third kappa shape index (κ3) is 3.27. The molecule has 2 N–H and O–H groups in total. The molecule has 0 saturated heterocycles. The molecule has 0 amide bonds. The highest BCUT2D eigenvalue weighted by atomic mass is 16.5. The summed E-state index contributed by atoms with van der Waals surface area (Å²) in [5, 5.41) is 3.82. The topological polar surface area (TPSA) is 83.4 Å². The summed E-state index contributed by atoms with van der Waals surface area (Å²) in [4.78, 5) is 4.20. The van der Waals surface area contributed by atoms with Crippen LogP contribution in [0.3, 0.4) is 0 Å². The van der Waals surface area contributed by atoms with E-state index in [9.17, 15) is 0 Å². The monoisotopic (exact) mass is 277 g/mol. The van der Waals surface area contributed by atoms with Crippen LogP contribution in [0.2, 0.25) is 0 Å². The molecule has 0 spiro atoms. The standard InChI is InChI=1S/C14H19N3O3/c1-4-13-16-14(20-17-13)8-19-12-7-10(18-3)5-6-11(12)9(2)15/h5-7,9H,4,8,15H2,1-3H3/t9-/m0/s1. The fourth-order valence-electron chi connectivity index (χ4n) is 1.77. The summed E-state index contributed by atoms with van der Waals surface area (Å²) >= 11 is 0. The first-order valence-corrected chi connectivity index (χ1v) is 6.51. The van der Waals surface area contributed by atoms with Gasteiger partial charge in [0.2, 0.25) is 0 Å². The van der Waals surface area contributed by atoms with E-state index in [4.69, 9.17) is 19.7 Å². The van der Waals surface area contributed by atoms with Crippen LogP contribution in [0.4, 0.5) is 0 Å². The summed E-state index contributed by atoms with van der Waals surface area (Å²) in [5.41, 5.74) is 6.83. The van der Waals surface area contributed by atoms with Crippen LogP contribution in [-0.4, -0.2) is 17.3 Å². The van der Waals surface area contributed by atoms with Crippen molar-refractivity contribution in [1.82, 2.24) is 10.1 Å². The van der Waals surface area contributed by atoms with E-state index in [1.807, 2.05) is 26.0 Å². The highest BCUT2D eigenvalue weighted by Crippen LogP contribution is 2.29. The van der Waals surface area contributed by atoms with Crippen molar-refractivity contribution in [3.63, 3.8) is 0 Å². The van der Waals surface area contributed by atoms with E-state index in [0.717, 1.165) is 12.0 Å². The van der Waals surface area contributed by atoms with Crippen LogP contribution in [-0.2, 0) is 13.0 Å². The van der Waals surface area contributed by atoms with E-state index in [1.54, 1.807) is 13.2 Å². The van der Waals surface area contributed by atoms with Crippen LogP contribution >= 0.6 is 0 Å². The molecular weight excluding hydrogens is 258 g/mol. The molecule has 1 heterocycles. The van der Waals surface area contributed by atoms with Crippen LogP contribution in [0, 0.1) is 0 Å². The second-order valence-electron chi connectivity index (χ2n) is 4.44. The van der Waals surface area contributed by atoms with Gasteiger partial charge in [-0.15, -0.1) is 0 Å². The van der Waals surface area contributed by atoms with Crippen LogP contribution < -0.4 is 15.2 Å². The number of methoxy groups -OCH3 is 1. The van der Waals surface area contributed by atoms with Crippen LogP contribution in [0.5, 0.6) is 11.5 Å². The van der Waals surface area contributed by atoms with E-state index >= 15 is 0 Å². The zero-order valence-electron chi connectivity index (χ0n) is 11.9. The van der Waals surface area contributed by atoms with E-state index in [1.165, 1.54) is 0 Å². The Morgan fingerprint density at radius 2 is 2.20 bits per heavy atom. The molecule has 0 saturated carbocycles. The third-order valence-corrected chi connectivity index (χ3v) is 2.89. The highest BCUT2D eigenvalue weighted by molar-refractivity contribution is 5.42. The quantitative estimate of drug-likeness (QED) is 0.871. The smallest absolute Gasteiger partial charge is 0.264 e. The van der Waals surface area contributed by atoms with Crippen molar-refractivity contribution in [2.75, 3.05) is 7.11 Å². The molecule has 2 rings (SSSR count). The second-order valence-corrected chi connectivity index (χ2v) is 4.44. The summed E-state index contributed by atoms with van der Waals surface area (Å²) in [5.74, 6) is 2.49. The van der Waals surface area contributed by atoms with E-state index in [2.05, 4.69) is 10.1 Å². The highest BCUT2D eigenvalue weighted by Gasteiger charge is 2.12. The lowest BCUT2D eigenvalue weighted by Gasteiger charge is -2.14. The molecule has 1 atom stereocenters. The van der Waals surface area contributed by atoms with Gasteiger partial charge in [0.15, 0.2) is 12.4 Å². The van der Waals surface area contributed by atoms with Gasteiger partial charge in [0.1, 0.15) is 11.5 Å². The number of ether oxygens (including phenoxy) is 2. The largest absolute Gasteiger partial charge is 0.497 e. The average molecular weight is 277 g/mol. The van der Waals surface area contributed by atoms with Crippen LogP contribution in [0.25, 0.3) is 0 Å². The zero-order valence-corrected chi connectivity index (χ0v) is 11.9. The normalized spacial score (nSPS) is 12.2. The lowest BCUT2D eigenvalue weighted by atomic mass is 10.1. The first-order chi connectivity index (χ1) is 9.63. The molecule has 6 heteroatoms. The molecule has 0 aliphatic carbocycles. The van der Waals surface area contributed by atoms with E-state index < -0.39 is 0 Å². The van der Waals surface area contributed by atoms with Crippen LogP contribution in [0.1, 0.15) is 37.2 Å². The zero-order chi connectivity index (χ0) is 14.5.